The van der Waals surface area contributed by atoms with E-state index in [2.05, 4.69) is 0 Å². The Morgan fingerprint density at radius 3 is 1.71 bits per heavy atom. The fourth-order valence-corrected chi connectivity index (χ4v) is 1.64. The summed E-state index contributed by atoms with van der Waals surface area (Å²) in [7, 11) is 0. The number of benzene rings is 3. The molecule has 0 spiro atoms. The second-order valence-corrected chi connectivity index (χ2v) is 3.24. The molecule has 0 saturated carbocycles. The number of rotatable bonds is 0. The molecule has 0 aliphatic rings. The summed E-state index contributed by atoms with van der Waals surface area (Å²) in [6, 6.07) is 11.1. The molecule has 14 heavy (non-hydrogen) atoms. The zero-order valence-electron chi connectivity index (χ0n) is 11.5. The normalized spacial score (nSPS) is 14.9. The Morgan fingerprint density at radius 2 is 1.21 bits per heavy atom. The molecule has 66 valence electrons. The minimum absolute atomic E-state index is 0.0248. The maximum absolute atomic E-state index is 7.91. The molecule has 3 aromatic rings. The highest BCUT2D eigenvalue weighted by atomic mass is 14.0. The van der Waals surface area contributed by atoms with Crippen LogP contribution in [-0.4, -0.2) is 0 Å². The average Bonchev–Trinajstić information content (AvgIpc) is 2.41. The zero-order valence-corrected chi connectivity index (χ0v) is 7.46. The first-order valence-corrected chi connectivity index (χ1v) is 4.48. The van der Waals surface area contributed by atoms with Gasteiger partial charge in [-0.3, -0.25) is 0 Å². The van der Waals surface area contributed by atoms with Gasteiger partial charge in [-0.15, -0.1) is 0 Å². The van der Waals surface area contributed by atoms with Crippen molar-refractivity contribution in [3.63, 3.8) is 0 Å². The standard InChI is InChI=1S/C14H10/c1-2-6-12-10-14-8-4-3-7-13(14)9-11(12)5-1/h1-10H/i1D,2D,5D,6D. The van der Waals surface area contributed by atoms with Gasteiger partial charge in [0.2, 0.25) is 0 Å². The van der Waals surface area contributed by atoms with Crippen LogP contribution < -0.4 is 0 Å². The van der Waals surface area contributed by atoms with Crippen molar-refractivity contribution in [1.82, 2.24) is 0 Å². The Kier molecular flexibility index (Phi) is 0.936. The summed E-state index contributed by atoms with van der Waals surface area (Å²) in [4.78, 5) is 0. The van der Waals surface area contributed by atoms with Crippen LogP contribution in [-0.2, 0) is 0 Å². The summed E-state index contributed by atoms with van der Waals surface area (Å²) in [5, 5.41) is 3.10. The van der Waals surface area contributed by atoms with Crippen LogP contribution >= 0.6 is 0 Å². The van der Waals surface area contributed by atoms with Crippen LogP contribution in [0.4, 0.5) is 0 Å². The topological polar surface area (TPSA) is 0 Å². The van der Waals surface area contributed by atoms with Crippen molar-refractivity contribution in [3.8, 4) is 0 Å². The molecule has 0 radical (unpaired) electrons. The highest BCUT2D eigenvalue weighted by Gasteiger charge is 1.95. The van der Waals surface area contributed by atoms with Gasteiger partial charge in [0.05, 0.1) is 5.48 Å². The van der Waals surface area contributed by atoms with Crippen molar-refractivity contribution >= 4 is 21.5 Å². The molecule has 0 fully saturated rings. The van der Waals surface area contributed by atoms with E-state index in [-0.39, 0.29) is 24.2 Å². The number of hydrogen-bond donors (Lipinski definition) is 0. The van der Waals surface area contributed by atoms with E-state index in [4.69, 9.17) is 5.48 Å². The van der Waals surface area contributed by atoms with Gasteiger partial charge in [0.25, 0.3) is 0 Å². The Balaban J connectivity index is 2.58. The van der Waals surface area contributed by atoms with Gasteiger partial charge in [-0.1, -0.05) is 48.4 Å². The van der Waals surface area contributed by atoms with E-state index in [9.17, 15) is 0 Å². The first-order chi connectivity index (χ1) is 8.59. The smallest absolute Gasteiger partial charge is 0.0616 e. The van der Waals surface area contributed by atoms with Gasteiger partial charge in [0, 0.05) is 0 Å². The van der Waals surface area contributed by atoms with E-state index in [1.165, 1.54) is 0 Å². The third-order valence-corrected chi connectivity index (χ3v) is 2.34. The third-order valence-electron chi connectivity index (χ3n) is 2.34. The molecule has 0 aromatic heterocycles. The van der Waals surface area contributed by atoms with Gasteiger partial charge in [-0.05, 0) is 33.7 Å². The zero-order chi connectivity index (χ0) is 12.9. The summed E-state index contributed by atoms with van der Waals surface area (Å²) in [6.07, 6.45) is 0. The maximum atomic E-state index is 7.91. The van der Waals surface area contributed by atoms with Crippen LogP contribution in [0.1, 0.15) is 5.48 Å². The van der Waals surface area contributed by atoms with Gasteiger partial charge >= 0.3 is 0 Å². The summed E-state index contributed by atoms with van der Waals surface area (Å²) in [5.41, 5.74) is 0. The summed E-state index contributed by atoms with van der Waals surface area (Å²) < 4.78 is 31.2. The van der Waals surface area contributed by atoms with Crippen molar-refractivity contribution in [3.05, 3.63) is 60.6 Å². The lowest BCUT2D eigenvalue weighted by Crippen LogP contribution is -1.74. The predicted octanol–water partition coefficient (Wildman–Crippen LogP) is 3.99. The Morgan fingerprint density at radius 1 is 0.714 bits per heavy atom. The average molecular weight is 182 g/mol. The number of hydrogen-bond acceptors (Lipinski definition) is 0. The van der Waals surface area contributed by atoms with E-state index in [0.29, 0.717) is 10.8 Å². The van der Waals surface area contributed by atoms with E-state index in [0.717, 1.165) is 10.8 Å². The second kappa shape index (κ2) is 2.85. The molecule has 0 heterocycles. The van der Waals surface area contributed by atoms with Gasteiger partial charge in [-0.25, -0.2) is 0 Å². The minimum Gasteiger partial charge on any atom is -0.0616 e. The van der Waals surface area contributed by atoms with Gasteiger partial charge in [0.1, 0.15) is 0 Å². The molecule has 0 N–H and O–H groups in total. The molecule has 0 unspecified atom stereocenters. The molecule has 0 nitrogen and oxygen atoms in total. The van der Waals surface area contributed by atoms with E-state index < -0.39 is 0 Å². The third kappa shape index (κ3) is 1.08. The van der Waals surface area contributed by atoms with Crippen molar-refractivity contribution in [2.24, 2.45) is 0 Å². The van der Waals surface area contributed by atoms with Crippen LogP contribution in [0.3, 0.4) is 0 Å². The second-order valence-electron chi connectivity index (χ2n) is 3.24. The molecule has 0 bridgehead atoms. The van der Waals surface area contributed by atoms with Crippen molar-refractivity contribution in [2.75, 3.05) is 0 Å². The molecule has 0 atom stereocenters. The lowest BCUT2D eigenvalue weighted by atomic mass is 10.0. The summed E-state index contributed by atoms with van der Waals surface area (Å²) >= 11 is 0. The summed E-state index contributed by atoms with van der Waals surface area (Å²) in [6.45, 7) is 0. The van der Waals surface area contributed by atoms with Crippen LogP contribution in [0.2, 0.25) is 0 Å². The largest absolute Gasteiger partial charge is 0.0629 e. The Hall–Kier alpha value is -1.82. The fourth-order valence-electron chi connectivity index (χ4n) is 1.64. The molecule has 0 amide bonds. The quantitative estimate of drug-likeness (QED) is 0.461. The van der Waals surface area contributed by atoms with E-state index in [1.54, 1.807) is 0 Å². The van der Waals surface area contributed by atoms with Crippen LogP contribution in [0.5, 0.6) is 0 Å². The number of fused-ring (bicyclic) bond motifs is 2. The fraction of sp³-hybridized carbons (Fsp3) is 0. The first-order valence-electron chi connectivity index (χ1n) is 6.48. The monoisotopic (exact) mass is 182 g/mol. The van der Waals surface area contributed by atoms with Crippen molar-refractivity contribution in [1.29, 1.82) is 0 Å². The minimum atomic E-state index is -0.178. The molecule has 0 aliphatic heterocycles. The Labute approximate surface area is 88.4 Å². The molecule has 0 aliphatic carbocycles. The van der Waals surface area contributed by atoms with E-state index in [1.807, 2.05) is 36.4 Å². The van der Waals surface area contributed by atoms with Gasteiger partial charge < -0.3 is 0 Å². The van der Waals surface area contributed by atoms with Crippen molar-refractivity contribution in [2.45, 2.75) is 0 Å². The molecule has 0 saturated heterocycles. The van der Waals surface area contributed by atoms with Crippen LogP contribution in [0.25, 0.3) is 21.5 Å². The predicted molar refractivity (Wildman–Crippen MR) is 61.5 cm³/mol. The highest BCUT2D eigenvalue weighted by molar-refractivity contribution is 5.97. The lowest BCUT2D eigenvalue weighted by molar-refractivity contribution is 1.76. The Bertz CT molecular complexity index is 712. The van der Waals surface area contributed by atoms with Gasteiger partial charge in [0.15, 0.2) is 0 Å². The molecular weight excluding hydrogens is 168 g/mol. The molecular formula is C14H10. The first kappa shape index (κ1) is 4.61. The lowest BCUT2D eigenvalue weighted by Gasteiger charge is -2.00. The molecule has 3 aromatic carbocycles. The molecule has 3 rings (SSSR count). The van der Waals surface area contributed by atoms with Gasteiger partial charge in [-0.2, -0.15) is 0 Å². The highest BCUT2D eigenvalue weighted by Crippen LogP contribution is 2.21. The maximum Gasteiger partial charge on any atom is 0.0629 e. The van der Waals surface area contributed by atoms with E-state index >= 15 is 0 Å². The van der Waals surface area contributed by atoms with Crippen LogP contribution in [0, 0.1) is 0 Å². The molecule has 0 heteroatoms. The van der Waals surface area contributed by atoms with Crippen molar-refractivity contribution < 1.29 is 5.48 Å². The van der Waals surface area contributed by atoms with Crippen LogP contribution in [0.15, 0.2) is 60.6 Å². The SMILES string of the molecule is [2H]c1c([2H])c([2H])c2cc3ccccc3cc2c1[2H]. The summed E-state index contributed by atoms with van der Waals surface area (Å²) in [5.74, 6) is 0.